The molecule has 3 heteroatoms. The van der Waals surface area contributed by atoms with Crippen LogP contribution in [0.4, 0.5) is 0 Å². The number of hydrogen-bond acceptors (Lipinski definition) is 1. The predicted molar refractivity (Wildman–Crippen MR) is 68.3 cm³/mol. The molecule has 2 saturated carbocycles. The molecule has 1 N–H and O–H groups in total. The van der Waals surface area contributed by atoms with Gasteiger partial charge >= 0.3 is 0 Å². The average molecular weight is 256 g/mol. The van der Waals surface area contributed by atoms with Crippen molar-refractivity contribution in [3.63, 3.8) is 0 Å². The van der Waals surface area contributed by atoms with Crippen LogP contribution in [0.25, 0.3) is 0 Å². The van der Waals surface area contributed by atoms with E-state index in [1.807, 2.05) is 12.1 Å². The molecule has 1 aromatic rings. The first kappa shape index (κ1) is 10.9. The van der Waals surface area contributed by atoms with Crippen molar-refractivity contribution >= 4 is 23.2 Å². The maximum atomic E-state index is 6.22. The summed E-state index contributed by atoms with van der Waals surface area (Å²) >= 11 is 12.2. The first-order valence-corrected chi connectivity index (χ1v) is 6.68. The fourth-order valence-electron chi connectivity index (χ4n) is 2.27. The van der Waals surface area contributed by atoms with Gasteiger partial charge in [0.25, 0.3) is 0 Å². The Bertz CT molecular complexity index is 401. The second-order valence-electron chi connectivity index (χ2n) is 4.93. The molecule has 0 aromatic heterocycles. The Morgan fingerprint density at radius 3 is 2.81 bits per heavy atom. The molecule has 2 aliphatic carbocycles. The fraction of sp³-hybridized carbons (Fsp3) is 0.538. The summed E-state index contributed by atoms with van der Waals surface area (Å²) in [4.78, 5) is 0. The molecule has 3 rings (SSSR count). The lowest BCUT2D eigenvalue weighted by molar-refractivity contribution is 0.624. The zero-order chi connectivity index (χ0) is 11.1. The summed E-state index contributed by atoms with van der Waals surface area (Å²) in [6.45, 7) is 1.14. The second kappa shape index (κ2) is 4.21. The quantitative estimate of drug-likeness (QED) is 0.862. The molecule has 0 saturated heterocycles. The van der Waals surface area contributed by atoms with E-state index in [0.717, 1.165) is 23.5 Å². The van der Waals surface area contributed by atoms with Crippen LogP contribution in [0.1, 0.15) is 30.7 Å². The van der Waals surface area contributed by atoms with E-state index in [1.165, 1.54) is 24.8 Å². The van der Waals surface area contributed by atoms with E-state index in [0.29, 0.717) is 10.9 Å². The third-order valence-electron chi connectivity index (χ3n) is 3.55. The summed E-state index contributed by atoms with van der Waals surface area (Å²) in [5, 5.41) is 5.01. The fourth-order valence-corrected chi connectivity index (χ4v) is 2.71. The van der Waals surface area contributed by atoms with Crippen LogP contribution < -0.4 is 5.32 Å². The minimum Gasteiger partial charge on any atom is -0.314 e. The SMILES string of the molecule is Clc1cccc(C2CC2CNC2CC2)c1Cl. The lowest BCUT2D eigenvalue weighted by atomic mass is 10.1. The molecular weight excluding hydrogens is 241 g/mol. The summed E-state index contributed by atoms with van der Waals surface area (Å²) in [5.74, 6) is 1.38. The van der Waals surface area contributed by atoms with Crippen LogP contribution in [0.5, 0.6) is 0 Å². The number of hydrogen-bond donors (Lipinski definition) is 1. The van der Waals surface area contributed by atoms with E-state index >= 15 is 0 Å². The van der Waals surface area contributed by atoms with Gasteiger partial charge in [0, 0.05) is 6.04 Å². The molecule has 0 amide bonds. The van der Waals surface area contributed by atoms with Gasteiger partial charge in [-0.2, -0.15) is 0 Å². The predicted octanol–water partition coefficient (Wildman–Crippen LogP) is 3.85. The zero-order valence-electron chi connectivity index (χ0n) is 9.05. The minimum atomic E-state index is 0.623. The molecular formula is C13H15Cl2N. The molecule has 16 heavy (non-hydrogen) atoms. The van der Waals surface area contributed by atoms with Crippen molar-refractivity contribution < 1.29 is 0 Å². The Hall–Kier alpha value is -0.240. The van der Waals surface area contributed by atoms with Gasteiger partial charge in [-0.05, 0) is 49.3 Å². The molecule has 1 nitrogen and oxygen atoms in total. The molecule has 1 aromatic carbocycles. The summed E-state index contributed by atoms with van der Waals surface area (Å²) in [7, 11) is 0. The van der Waals surface area contributed by atoms with E-state index < -0.39 is 0 Å². The molecule has 0 spiro atoms. The molecule has 2 atom stereocenters. The highest BCUT2D eigenvalue weighted by Crippen LogP contribution is 2.50. The third kappa shape index (κ3) is 2.22. The van der Waals surface area contributed by atoms with Crippen molar-refractivity contribution in [2.24, 2.45) is 5.92 Å². The van der Waals surface area contributed by atoms with Crippen molar-refractivity contribution in [3.05, 3.63) is 33.8 Å². The topological polar surface area (TPSA) is 12.0 Å². The Labute approximate surface area is 106 Å². The molecule has 2 aliphatic rings. The van der Waals surface area contributed by atoms with E-state index in [1.54, 1.807) is 0 Å². The van der Waals surface area contributed by atoms with Gasteiger partial charge in [0.05, 0.1) is 10.0 Å². The average Bonchev–Trinajstić information content (AvgIpc) is 3.13. The molecule has 0 radical (unpaired) electrons. The van der Waals surface area contributed by atoms with E-state index in [9.17, 15) is 0 Å². The summed E-state index contributed by atoms with van der Waals surface area (Å²) in [6, 6.07) is 6.76. The van der Waals surface area contributed by atoms with E-state index in [4.69, 9.17) is 23.2 Å². The Morgan fingerprint density at radius 1 is 1.25 bits per heavy atom. The molecule has 86 valence electrons. The van der Waals surface area contributed by atoms with E-state index in [2.05, 4.69) is 11.4 Å². The molecule has 2 fully saturated rings. The maximum absolute atomic E-state index is 6.22. The summed E-state index contributed by atoms with van der Waals surface area (Å²) in [6.07, 6.45) is 3.96. The lowest BCUT2D eigenvalue weighted by Gasteiger charge is -2.05. The highest BCUT2D eigenvalue weighted by atomic mass is 35.5. The van der Waals surface area contributed by atoms with E-state index in [-0.39, 0.29) is 0 Å². The van der Waals surface area contributed by atoms with Gasteiger partial charge in [-0.3, -0.25) is 0 Å². The van der Waals surface area contributed by atoms with Crippen molar-refractivity contribution in [2.45, 2.75) is 31.2 Å². The monoisotopic (exact) mass is 255 g/mol. The Kier molecular flexibility index (Phi) is 2.87. The first-order chi connectivity index (χ1) is 7.75. The smallest absolute Gasteiger partial charge is 0.0627 e. The van der Waals surface area contributed by atoms with Gasteiger partial charge in [-0.15, -0.1) is 0 Å². The van der Waals surface area contributed by atoms with Crippen LogP contribution in [-0.2, 0) is 0 Å². The van der Waals surface area contributed by atoms with Crippen molar-refractivity contribution in [2.75, 3.05) is 6.54 Å². The number of nitrogens with one attached hydrogen (secondary N) is 1. The van der Waals surface area contributed by atoms with Gasteiger partial charge in [0.15, 0.2) is 0 Å². The van der Waals surface area contributed by atoms with Crippen LogP contribution in [0.3, 0.4) is 0 Å². The van der Waals surface area contributed by atoms with Crippen LogP contribution >= 0.6 is 23.2 Å². The standard InChI is InChI=1S/C13H15Cl2N/c14-12-3-1-2-10(13(12)15)11-6-8(11)7-16-9-4-5-9/h1-3,8-9,11,16H,4-7H2. The minimum absolute atomic E-state index is 0.623. The lowest BCUT2D eigenvalue weighted by Crippen LogP contribution is -2.19. The Balaban J connectivity index is 1.63. The number of benzene rings is 1. The molecule has 0 bridgehead atoms. The Morgan fingerprint density at radius 2 is 2.06 bits per heavy atom. The van der Waals surface area contributed by atoms with Crippen molar-refractivity contribution in [1.29, 1.82) is 0 Å². The van der Waals surface area contributed by atoms with Crippen LogP contribution in [0.2, 0.25) is 10.0 Å². The summed E-state index contributed by atoms with van der Waals surface area (Å²) in [5.41, 5.74) is 1.23. The second-order valence-corrected chi connectivity index (χ2v) is 5.71. The zero-order valence-corrected chi connectivity index (χ0v) is 10.6. The highest BCUT2D eigenvalue weighted by Gasteiger charge is 2.40. The number of halogens is 2. The van der Waals surface area contributed by atoms with Crippen LogP contribution in [0, 0.1) is 5.92 Å². The van der Waals surface area contributed by atoms with Crippen molar-refractivity contribution in [3.8, 4) is 0 Å². The van der Waals surface area contributed by atoms with Gasteiger partial charge in [-0.1, -0.05) is 35.3 Å². The van der Waals surface area contributed by atoms with Gasteiger partial charge in [-0.25, -0.2) is 0 Å². The van der Waals surface area contributed by atoms with Crippen molar-refractivity contribution in [1.82, 2.24) is 5.32 Å². The largest absolute Gasteiger partial charge is 0.314 e. The summed E-state index contributed by atoms with van der Waals surface area (Å²) < 4.78 is 0. The first-order valence-electron chi connectivity index (χ1n) is 5.93. The normalized spacial score (nSPS) is 28.1. The third-order valence-corrected chi connectivity index (χ3v) is 4.38. The number of rotatable bonds is 4. The molecule has 2 unspecified atom stereocenters. The van der Waals surface area contributed by atoms with Gasteiger partial charge in [0.2, 0.25) is 0 Å². The van der Waals surface area contributed by atoms with Gasteiger partial charge in [0.1, 0.15) is 0 Å². The van der Waals surface area contributed by atoms with Crippen LogP contribution in [0.15, 0.2) is 18.2 Å². The maximum Gasteiger partial charge on any atom is 0.0627 e. The molecule has 0 aliphatic heterocycles. The highest BCUT2D eigenvalue weighted by molar-refractivity contribution is 6.42. The van der Waals surface area contributed by atoms with Crippen LogP contribution in [-0.4, -0.2) is 12.6 Å². The molecule has 0 heterocycles. The van der Waals surface area contributed by atoms with Gasteiger partial charge < -0.3 is 5.32 Å².